The van der Waals surface area contributed by atoms with E-state index < -0.39 is 18.5 Å². The third-order valence-electron chi connectivity index (χ3n) is 7.40. The van der Waals surface area contributed by atoms with Crippen molar-refractivity contribution in [3.05, 3.63) is 59.7 Å². The van der Waals surface area contributed by atoms with Gasteiger partial charge in [0.2, 0.25) is 5.91 Å². The van der Waals surface area contributed by atoms with Gasteiger partial charge in [0.15, 0.2) is 0 Å². The van der Waals surface area contributed by atoms with Crippen molar-refractivity contribution < 1.29 is 50.5 Å². The summed E-state index contributed by atoms with van der Waals surface area (Å²) in [4.78, 5) is 26.2. The van der Waals surface area contributed by atoms with Gasteiger partial charge < -0.3 is 19.5 Å². The molecule has 2 saturated heterocycles. The highest BCUT2D eigenvalue weighted by atomic mass is 19.4. The van der Waals surface area contributed by atoms with Crippen LogP contribution in [0.25, 0.3) is 0 Å². The maximum Gasteiger partial charge on any atom is 0.573 e. The second-order valence-corrected chi connectivity index (χ2v) is 11.3. The predicted octanol–water partition coefficient (Wildman–Crippen LogP) is 6.31. The summed E-state index contributed by atoms with van der Waals surface area (Å²) in [5, 5.41) is 7.12. The minimum absolute atomic E-state index is 0.0232. The highest BCUT2D eigenvalue weighted by molar-refractivity contribution is 5.79. The van der Waals surface area contributed by atoms with E-state index in [0.29, 0.717) is 18.1 Å². The molecule has 2 aliphatic heterocycles. The number of alkyl halides is 6. The Morgan fingerprint density at radius 2 is 1.51 bits per heavy atom. The molecule has 0 unspecified atom stereocenters. The molecule has 238 valence electrons. The fourth-order valence-corrected chi connectivity index (χ4v) is 5.11. The molecule has 4 rings (SSSR count). The first kappa shape index (κ1) is 34.0. The largest absolute Gasteiger partial charge is 0.573 e. The fourth-order valence-electron chi connectivity index (χ4n) is 5.11. The molecule has 0 aliphatic carbocycles. The fraction of sp³-hybridized carbons (Fsp3) is 0.533. The highest BCUT2D eigenvalue weighted by Gasteiger charge is 2.42. The number of benzene rings is 2. The van der Waals surface area contributed by atoms with Crippen molar-refractivity contribution in [3.8, 4) is 11.5 Å². The Hall–Kier alpha value is -3.48. The SMILES string of the molecule is CC(C)COc1ccccc1CN1CCC2(CC1)CCN(C(=O)Cc1ccc(OC(F)(F)F)cc1)C2.O=C(O)C(F)(F)F. The maximum atomic E-state index is 12.9. The molecular weight excluding hydrogens is 582 g/mol. The van der Waals surface area contributed by atoms with Gasteiger partial charge in [0.1, 0.15) is 11.5 Å². The Labute approximate surface area is 246 Å². The summed E-state index contributed by atoms with van der Waals surface area (Å²) in [6, 6.07) is 13.8. The zero-order valence-electron chi connectivity index (χ0n) is 24.0. The van der Waals surface area contributed by atoms with Crippen LogP contribution in [0.1, 0.15) is 44.2 Å². The third-order valence-corrected chi connectivity index (χ3v) is 7.40. The molecule has 1 spiro atoms. The van der Waals surface area contributed by atoms with Gasteiger partial charge in [0, 0.05) is 25.2 Å². The van der Waals surface area contributed by atoms with Crippen molar-refractivity contribution in [2.75, 3.05) is 32.8 Å². The number of carbonyl (C=O) groups excluding carboxylic acids is 1. The molecule has 1 N–H and O–H groups in total. The van der Waals surface area contributed by atoms with Gasteiger partial charge in [-0.05, 0) is 67.4 Å². The van der Waals surface area contributed by atoms with Crippen LogP contribution < -0.4 is 9.47 Å². The van der Waals surface area contributed by atoms with Crippen molar-refractivity contribution >= 4 is 11.9 Å². The Kier molecular flexibility index (Phi) is 11.3. The van der Waals surface area contributed by atoms with E-state index in [-0.39, 0.29) is 23.5 Å². The number of amides is 1. The van der Waals surface area contributed by atoms with Gasteiger partial charge in [0.25, 0.3) is 0 Å². The van der Waals surface area contributed by atoms with E-state index in [9.17, 15) is 31.1 Å². The average molecular weight is 619 g/mol. The van der Waals surface area contributed by atoms with Gasteiger partial charge >= 0.3 is 18.5 Å². The number of carboxylic acids is 1. The van der Waals surface area contributed by atoms with Crippen molar-refractivity contribution in [2.24, 2.45) is 11.3 Å². The molecule has 2 aromatic carbocycles. The lowest BCUT2D eigenvalue weighted by atomic mass is 9.77. The molecule has 43 heavy (non-hydrogen) atoms. The number of aliphatic carboxylic acids is 1. The number of carbonyl (C=O) groups is 2. The van der Waals surface area contributed by atoms with Crippen molar-refractivity contribution in [2.45, 2.75) is 58.6 Å². The number of nitrogens with zero attached hydrogens (tertiary/aromatic N) is 2. The zero-order chi connectivity index (χ0) is 31.8. The number of likely N-dealkylation sites (tertiary alicyclic amines) is 2. The maximum absolute atomic E-state index is 12.9. The average Bonchev–Trinajstić information content (AvgIpc) is 3.33. The minimum atomic E-state index is -5.08. The molecule has 1 amide bonds. The molecule has 2 aromatic rings. The highest BCUT2D eigenvalue weighted by Crippen LogP contribution is 2.41. The van der Waals surface area contributed by atoms with E-state index in [0.717, 1.165) is 57.7 Å². The number of para-hydroxylation sites is 1. The summed E-state index contributed by atoms with van der Waals surface area (Å²) in [6.07, 6.45) is -6.52. The molecule has 0 aromatic heterocycles. The standard InChI is InChI=1S/C28H35F3N2O3.C2HF3O2/c1-21(2)19-35-25-6-4-3-5-23(25)18-32-14-11-27(12-15-32)13-16-33(20-27)26(34)17-22-7-9-24(10-8-22)36-28(29,30)31;3-2(4,5)1(6)7/h3-10,21H,11-20H2,1-2H3;(H,6,7). The van der Waals surface area contributed by atoms with Crippen molar-refractivity contribution in [1.82, 2.24) is 9.80 Å². The molecule has 13 heteroatoms. The minimum Gasteiger partial charge on any atom is -0.493 e. The number of hydrogen-bond acceptors (Lipinski definition) is 5. The summed E-state index contributed by atoms with van der Waals surface area (Å²) in [5.41, 5.74) is 2.05. The van der Waals surface area contributed by atoms with Crippen molar-refractivity contribution in [1.29, 1.82) is 0 Å². The quantitative estimate of drug-likeness (QED) is 0.350. The Morgan fingerprint density at radius 1 is 0.930 bits per heavy atom. The second kappa shape index (κ2) is 14.3. The van der Waals surface area contributed by atoms with Gasteiger partial charge in [-0.2, -0.15) is 13.2 Å². The smallest absolute Gasteiger partial charge is 0.493 e. The summed E-state index contributed by atoms with van der Waals surface area (Å²) in [7, 11) is 0. The summed E-state index contributed by atoms with van der Waals surface area (Å²) in [5.74, 6) is -1.58. The number of hydrogen-bond donors (Lipinski definition) is 1. The van der Waals surface area contributed by atoms with Crippen LogP contribution in [0.2, 0.25) is 0 Å². The van der Waals surface area contributed by atoms with Crippen LogP contribution in [0.5, 0.6) is 11.5 Å². The van der Waals surface area contributed by atoms with Crippen LogP contribution in [0.3, 0.4) is 0 Å². The monoisotopic (exact) mass is 618 g/mol. The molecule has 0 bridgehead atoms. The van der Waals surface area contributed by atoms with E-state index in [1.54, 1.807) is 0 Å². The van der Waals surface area contributed by atoms with E-state index in [1.807, 2.05) is 17.0 Å². The lowest BCUT2D eigenvalue weighted by molar-refractivity contribution is -0.274. The summed E-state index contributed by atoms with van der Waals surface area (Å²) >= 11 is 0. The molecule has 0 radical (unpaired) electrons. The molecule has 2 fully saturated rings. The first-order chi connectivity index (χ1) is 20.1. The van der Waals surface area contributed by atoms with Crippen LogP contribution >= 0.6 is 0 Å². The molecule has 7 nitrogen and oxygen atoms in total. The van der Waals surface area contributed by atoms with Crippen LogP contribution in [-0.2, 0) is 22.6 Å². The molecule has 0 saturated carbocycles. The predicted molar refractivity (Wildman–Crippen MR) is 145 cm³/mol. The summed E-state index contributed by atoms with van der Waals surface area (Å²) in [6.45, 7) is 9.32. The third kappa shape index (κ3) is 10.9. The van der Waals surface area contributed by atoms with Crippen LogP contribution in [0, 0.1) is 11.3 Å². The van der Waals surface area contributed by atoms with Crippen LogP contribution in [0.4, 0.5) is 26.3 Å². The number of halogens is 6. The number of piperidine rings is 1. The van der Waals surface area contributed by atoms with Gasteiger partial charge in [-0.3, -0.25) is 9.69 Å². The van der Waals surface area contributed by atoms with E-state index in [4.69, 9.17) is 14.6 Å². The van der Waals surface area contributed by atoms with E-state index in [2.05, 4.69) is 35.6 Å². The van der Waals surface area contributed by atoms with Crippen molar-refractivity contribution in [3.63, 3.8) is 0 Å². The lowest BCUT2D eigenvalue weighted by Crippen LogP contribution is -2.42. The Balaban J connectivity index is 0.000000646. The Bertz CT molecular complexity index is 1210. The first-order valence-corrected chi connectivity index (χ1v) is 13.9. The normalized spacial score (nSPS) is 17.0. The molecular formula is C30H36F6N2O5. The Morgan fingerprint density at radius 3 is 2.07 bits per heavy atom. The molecule has 2 aliphatic rings. The van der Waals surface area contributed by atoms with Crippen LogP contribution in [-0.4, -0.2) is 72.1 Å². The van der Waals surface area contributed by atoms with E-state index >= 15 is 0 Å². The first-order valence-electron chi connectivity index (χ1n) is 13.9. The number of carboxylic acid groups (broad SMARTS) is 1. The van der Waals surface area contributed by atoms with Crippen LogP contribution in [0.15, 0.2) is 48.5 Å². The van der Waals surface area contributed by atoms with Gasteiger partial charge in [-0.15, -0.1) is 13.2 Å². The van der Waals surface area contributed by atoms with Gasteiger partial charge in [-0.25, -0.2) is 4.79 Å². The number of ether oxygens (including phenoxy) is 2. The molecule has 2 heterocycles. The van der Waals surface area contributed by atoms with Gasteiger partial charge in [-0.1, -0.05) is 44.2 Å². The zero-order valence-corrected chi connectivity index (χ0v) is 24.0. The van der Waals surface area contributed by atoms with E-state index in [1.165, 1.54) is 29.8 Å². The lowest BCUT2D eigenvalue weighted by Gasteiger charge is -2.39. The second-order valence-electron chi connectivity index (χ2n) is 11.3. The summed E-state index contributed by atoms with van der Waals surface area (Å²) < 4.78 is 78.7. The topological polar surface area (TPSA) is 79.3 Å². The molecule has 0 atom stereocenters. The van der Waals surface area contributed by atoms with Gasteiger partial charge in [0.05, 0.1) is 13.0 Å². The number of rotatable bonds is 8.